The van der Waals surface area contributed by atoms with E-state index >= 15 is 0 Å². The Bertz CT molecular complexity index is 733. The van der Waals surface area contributed by atoms with Crippen LogP contribution in [-0.4, -0.2) is 24.8 Å². The monoisotopic (exact) mass is 245 g/mol. The highest BCUT2D eigenvalue weighted by molar-refractivity contribution is 7.19. The Morgan fingerprint density at radius 3 is 3.00 bits per heavy atom. The largest absolute Gasteiger partial charge is 0.296 e. The van der Waals surface area contributed by atoms with Crippen LogP contribution in [0.4, 0.5) is 0 Å². The molecule has 0 saturated heterocycles. The topological polar surface area (TPSA) is 73.0 Å². The van der Waals surface area contributed by atoms with Crippen LogP contribution in [0.25, 0.3) is 15.5 Å². The van der Waals surface area contributed by atoms with Gasteiger partial charge in [-0.15, -0.1) is 10.2 Å². The molecule has 3 aromatic rings. The second-order valence-corrected chi connectivity index (χ2v) is 4.39. The van der Waals surface area contributed by atoms with Crippen LogP contribution in [0.2, 0.25) is 0 Å². The predicted octanol–water partition coefficient (Wildman–Crippen LogP) is 0.916. The lowest BCUT2D eigenvalue weighted by Gasteiger charge is -1.91. The molecule has 0 aliphatic rings. The first-order valence-electron chi connectivity index (χ1n) is 4.89. The molecule has 0 amide bonds. The molecule has 0 aliphatic heterocycles. The fraction of sp³-hybridized carbons (Fsp3) is 0.100. The van der Waals surface area contributed by atoms with Crippen molar-refractivity contribution in [1.29, 1.82) is 0 Å². The summed E-state index contributed by atoms with van der Waals surface area (Å²) < 4.78 is 1.27. The van der Waals surface area contributed by atoms with Crippen molar-refractivity contribution in [2.24, 2.45) is 0 Å². The summed E-state index contributed by atoms with van der Waals surface area (Å²) in [4.78, 5) is 16.3. The molecule has 0 saturated carbocycles. The van der Waals surface area contributed by atoms with Gasteiger partial charge in [-0.25, -0.2) is 0 Å². The molecule has 0 spiro atoms. The average molecular weight is 245 g/mol. The summed E-state index contributed by atoms with van der Waals surface area (Å²) in [6.45, 7) is 1.62. The molecule has 84 valence electrons. The van der Waals surface area contributed by atoms with Gasteiger partial charge in [0.25, 0.3) is 5.56 Å². The Hall–Kier alpha value is -2.15. The Balaban J connectivity index is 2.28. The molecule has 3 heterocycles. The van der Waals surface area contributed by atoms with E-state index < -0.39 is 0 Å². The van der Waals surface area contributed by atoms with Crippen LogP contribution in [0.5, 0.6) is 0 Å². The number of nitrogens with zero attached hydrogens (tertiary/aromatic N) is 5. The van der Waals surface area contributed by atoms with E-state index in [0.29, 0.717) is 15.7 Å². The number of hydrogen-bond donors (Lipinski definition) is 0. The standard InChI is InChI=1S/C10H7N5OS/c1-6-9(16)15-10(13-12-6)17-8(14-15)7-3-2-4-11-5-7/h2-5H,1H3. The lowest BCUT2D eigenvalue weighted by molar-refractivity contribution is 0.829. The van der Waals surface area contributed by atoms with Gasteiger partial charge >= 0.3 is 0 Å². The summed E-state index contributed by atoms with van der Waals surface area (Å²) in [5.74, 6) is 0. The molecule has 6 nitrogen and oxygen atoms in total. The maximum Gasteiger partial charge on any atom is 0.296 e. The second kappa shape index (κ2) is 3.70. The molecule has 3 aromatic heterocycles. The van der Waals surface area contributed by atoms with Gasteiger partial charge < -0.3 is 0 Å². The van der Waals surface area contributed by atoms with E-state index in [4.69, 9.17) is 0 Å². The van der Waals surface area contributed by atoms with Crippen LogP contribution in [0.1, 0.15) is 5.69 Å². The van der Waals surface area contributed by atoms with Crippen LogP contribution in [-0.2, 0) is 0 Å². The first kappa shape index (κ1) is 10.0. The number of hydrogen-bond acceptors (Lipinski definition) is 6. The normalized spacial score (nSPS) is 10.9. The van der Waals surface area contributed by atoms with Crippen LogP contribution < -0.4 is 5.56 Å². The van der Waals surface area contributed by atoms with Gasteiger partial charge in [0.1, 0.15) is 10.7 Å². The van der Waals surface area contributed by atoms with E-state index in [1.54, 1.807) is 19.3 Å². The molecular weight excluding hydrogens is 238 g/mol. The zero-order chi connectivity index (χ0) is 11.8. The van der Waals surface area contributed by atoms with Gasteiger partial charge in [-0.3, -0.25) is 9.78 Å². The molecule has 0 atom stereocenters. The summed E-state index contributed by atoms with van der Waals surface area (Å²) in [5, 5.41) is 12.6. The van der Waals surface area contributed by atoms with E-state index in [0.717, 1.165) is 5.56 Å². The van der Waals surface area contributed by atoms with Crippen molar-refractivity contribution in [1.82, 2.24) is 24.8 Å². The van der Waals surface area contributed by atoms with Gasteiger partial charge in [0.05, 0.1) is 0 Å². The smallest absolute Gasteiger partial charge is 0.265 e. The van der Waals surface area contributed by atoms with Crippen molar-refractivity contribution >= 4 is 16.3 Å². The molecule has 0 fully saturated rings. The van der Waals surface area contributed by atoms with Crippen LogP contribution in [0.3, 0.4) is 0 Å². The maximum atomic E-state index is 11.8. The van der Waals surface area contributed by atoms with Crippen molar-refractivity contribution in [2.45, 2.75) is 6.92 Å². The van der Waals surface area contributed by atoms with Crippen molar-refractivity contribution < 1.29 is 0 Å². The van der Waals surface area contributed by atoms with Gasteiger partial charge in [-0.2, -0.15) is 9.61 Å². The number of pyridine rings is 1. The lowest BCUT2D eigenvalue weighted by Crippen LogP contribution is -2.19. The Kier molecular flexibility index (Phi) is 2.19. The maximum absolute atomic E-state index is 11.8. The summed E-state index contributed by atoms with van der Waals surface area (Å²) in [6, 6.07) is 3.71. The van der Waals surface area contributed by atoms with Crippen LogP contribution >= 0.6 is 11.3 Å². The molecule has 0 aliphatic carbocycles. The zero-order valence-corrected chi connectivity index (χ0v) is 9.68. The third kappa shape index (κ3) is 1.60. The predicted molar refractivity (Wildman–Crippen MR) is 62.9 cm³/mol. The third-order valence-electron chi connectivity index (χ3n) is 2.26. The highest BCUT2D eigenvalue weighted by Gasteiger charge is 2.10. The Morgan fingerprint density at radius 2 is 2.24 bits per heavy atom. The van der Waals surface area contributed by atoms with Crippen LogP contribution in [0.15, 0.2) is 29.3 Å². The van der Waals surface area contributed by atoms with Crippen molar-refractivity contribution in [3.63, 3.8) is 0 Å². The number of aromatic nitrogens is 5. The number of rotatable bonds is 1. The van der Waals surface area contributed by atoms with E-state index in [1.807, 2.05) is 12.1 Å². The highest BCUT2D eigenvalue weighted by Crippen LogP contribution is 2.22. The highest BCUT2D eigenvalue weighted by atomic mass is 32.1. The van der Waals surface area contributed by atoms with Gasteiger partial charge in [-0.1, -0.05) is 11.3 Å². The third-order valence-corrected chi connectivity index (χ3v) is 3.20. The number of fused-ring (bicyclic) bond motifs is 1. The summed E-state index contributed by atoms with van der Waals surface area (Å²) >= 11 is 1.31. The van der Waals surface area contributed by atoms with Gasteiger partial charge in [0.15, 0.2) is 0 Å². The molecule has 0 unspecified atom stereocenters. The molecular formula is C10H7N5OS. The number of aryl methyl sites for hydroxylation is 1. The van der Waals surface area contributed by atoms with E-state index in [1.165, 1.54) is 15.9 Å². The van der Waals surface area contributed by atoms with Crippen molar-refractivity contribution in [2.75, 3.05) is 0 Å². The van der Waals surface area contributed by atoms with E-state index in [9.17, 15) is 4.79 Å². The van der Waals surface area contributed by atoms with Crippen molar-refractivity contribution in [3.8, 4) is 10.6 Å². The minimum atomic E-state index is -0.235. The first-order chi connectivity index (χ1) is 8.25. The molecule has 7 heteroatoms. The zero-order valence-electron chi connectivity index (χ0n) is 8.86. The first-order valence-corrected chi connectivity index (χ1v) is 5.71. The second-order valence-electron chi connectivity index (χ2n) is 3.43. The molecule has 0 radical (unpaired) electrons. The summed E-state index contributed by atoms with van der Waals surface area (Å²) in [5.41, 5.74) is 0.965. The Morgan fingerprint density at radius 1 is 1.35 bits per heavy atom. The minimum Gasteiger partial charge on any atom is -0.265 e. The van der Waals surface area contributed by atoms with Gasteiger partial charge in [0, 0.05) is 18.0 Å². The Labute approximate surface area is 99.6 Å². The molecule has 0 bridgehead atoms. The molecule has 17 heavy (non-hydrogen) atoms. The average Bonchev–Trinajstić information content (AvgIpc) is 2.80. The lowest BCUT2D eigenvalue weighted by atomic mass is 10.3. The fourth-order valence-corrected chi connectivity index (χ4v) is 2.22. The SMILES string of the molecule is Cc1nnc2sc(-c3cccnc3)nn2c1=O. The molecule has 0 aromatic carbocycles. The quantitative estimate of drug-likeness (QED) is 0.637. The fourth-order valence-electron chi connectivity index (χ4n) is 1.40. The minimum absolute atomic E-state index is 0.235. The summed E-state index contributed by atoms with van der Waals surface area (Å²) in [7, 11) is 0. The van der Waals surface area contributed by atoms with E-state index in [-0.39, 0.29) is 5.56 Å². The molecule has 0 N–H and O–H groups in total. The molecule has 3 rings (SSSR count). The summed E-state index contributed by atoms with van der Waals surface area (Å²) in [6.07, 6.45) is 3.38. The van der Waals surface area contributed by atoms with Gasteiger partial charge in [0.2, 0.25) is 4.96 Å². The van der Waals surface area contributed by atoms with Crippen molar-refractivity contribution in [3.05, 3.63) is 40.6 Å². The van der Waals surface area contributed by atoms with Crippen LogP contribution in [0, 0.1) is 6.92 Å². The van der Waals surface area contributed by atoms with E-state index in [2.05, 4.69) is 20.3 Å². The van der Waals surface area contributed by atoms with Gasteiger partial charge in [-0.05, 0) is 19.1 Å².